The van der Waals surface area contributed by atoms with Crippen LogP contribution < -0.4 is 0 Å². The summed E-state index contributed by atoms with van der Waals surface area (Å²) in [5.41, 5.74) is 1.90. The Kier molecular flexibility index (Phi) is 2.44. The Morgan fingerprint density at radius 1 is 1.28 bits per heavy atom. The first-order valence-electron chi connectivity index (χ1n) is 6.99. The minimum Gasteiger partial charge on any atom is -0.428 e. The maximum atomic E-state index is 11.8. The van der Waals surface area contributed by atoms with Gasteiger partial charge in [-0.2, -0.15) is 0 Å². The molecule has 0 saturated heterocycles. The van der Waals surface area contributed by atoms with Crippen molar-refractivity contribution < 1.29 is 14.6 Å². The summed E-state index contributed by atoms with van der Waals surface area (Å²) in [6, 6.07) is 0. The molecule has 3 rings (SSSR count). The van der Waals surface area contributed by atoms with E-state index >= 15 is 0 Å². The zero-order valence-corrected chi connectivity index (χ0v) is 11.5. The smallest absolute Gasteiger partial charge is 0.336 e. The van der Waals surface area contributed by atoms with Gasteiger partial charge in [-0.25, -0.2) is 4.79 Å². The van der Waals surface area contributed by atoms with Gasteiger partial charge in [0.1, 0.15) is 0 Å². The number of esters is 1. The molecule has 0 aromatic rings. The van der Waals surface area contributed by atoms with Gasteiger partial charge in [0.25, 0.3) is 0 Å². The summed E-state index contributed by atoms with van der Waals surface area (Å²) >= 11 is 0. The summed E-state index contributed by atoms with van der Waals surface area (Å²) in [6.07, 6.45) is 4.29. The lowest BCUT2D eigenvalue weighted by molar-refractivity contribution is -0.153. The van der Waals surface area contributed by atoms with Gasteiger partial charge in [-0.15, -0.1) is 0 Å². The van der Waals surface area contributed by atoms with E-state index in [2.05, 4.69) is 20.8 Å². The molecule has 3 heteroatoms. The van der Waals surface area contributed by atoms with Crippen LogP contribution in [0, 0.1) is 16.7 Å². The average Bonchev–Trinajstić information content (AvgIpc) is 2.54. The predicted octanol–water partition coefficient (Wildman–Crippen LogP) is 2.78. The Hall–Kier alpha value is -0.830. The van der Waals surface area contributed by atoms with E-state index in [1.807, 2.05) is 0 Å². The molecule has 3 aliphatic rings. The normalized spacial score (nSPS) is 42.3. The van der Waals surface area contributed by atoms with E-state index in [0.717, 1.165) is 36.8 Å². The van der Waals surface area contributed by atoms with Gasteiger partial charge in [0.05, 0.1) is 0 Å². The molecule has 1 N–H and O–H groups in total. The lowest BCUT2D eigenvalue weighted by Crippen LogP contribution is -2.46. The van der Waals surface area contributed by atoms with E-state index in [-0.39, 0.29) is 16.8 Å². The van der Waals surface area contributed by atoms with Crippen LogP contribution in [-0.2, 0) is 9.53 Å². The summed E-state index contributed by atoms with van der Waals surface area (Å²) in [7, 11) is 0. The molecule has 0 spiro atoms. The maximum Gasteiger partial charge on any atom is 0.336 e. The second-order valence-electron chi connectivity index (χ2n) is 7.00. The van der Waals surface area contributed by atoms with Gasteiger partial charge in [-0.05, 0) is 42.4 Å². The molecule has 0 radical (unpaired) electrons. The van der Waals surface area contributed by atoms with E-state index in [9.17, 15) is 9.90 Å². The van der Waals surface area contributed by atoms with Crippen LogP contribution in [0.1, 0.15) is 52.9 Å². The fourth-order valence-corrected chi connectivity index (χ4v) is 4.80. The molecule has 100 valence electrons. The van der Waals surface area contributed by atoms with E-state index in [1.165, 1.54) is 6.42 Å². The zero-order chi connectivity index (χ0) is 13.1. The molecule has 1 aliphatic heterocycles. The van der Waals surface area contributed by atoms with Crippen LogP contribution in [0.2, 0.25) is 0 Å². The molecule has 3 atom stereocenters. The van der Waals surface area contributed by atoms with E-state index in [1.54, 1.807) is 0 Å². The molecule has 18 heavy (non-hydrogen) atoms. The number of aliphatic hydroxyl groups excluding tert-OH is 1. The molecule has 1 saturated carbocycles. The van der Waals surface area contributed by atoms with Gasteiger partial charge in [0.2, 0.25) is 6.29 Å². The minimum absolute atomic E-state index is 0.0547. The predicted molar refractivity (Wildman–Crippen MR) is 67.6 cm³/mol. The molecule has 2 aliphatic carbocycles. The first-order chi connectivity index (χ1) is 8.36. The highest BCUT2D eigenvalue weighted by molar-refractivity contribution is 5.92. The van der Waals surface area contributed by atoms with Crippen molar-refractivity contribution >= 4 is 5.97 Å². The van der Waals surface area contributed by atoms with Crippen LogP contribution in [-0.4, -0.2) is 17.4 Å². The van der Waals surface area contributed by atoms with Crippen LogP contribution in [0.5, 0.6) is 0 Å². The summed E-state index contributed by atoms with van der Waals surface area (Å²) in [5, 5.41) is 10.1. The van der Waals surface area contributed by atoms with Gasteiger partial charge in [-0.1, -0.05) is 27.2 Å². The summed E-state index contributed by atoms with van der Waals surface area (Å²) in [6.45, 7) is 6.87. The number of carbonyl (C=O) groups excluding carboxylic acids is 1. The highest BCUT2D eigenvalue weighted by atomic mass is 16.6. The Labute approximate surface area is 108 Å². The number of cyclic esters (lactones) is 1. The molecule has 1 fully saturated rings. The number of carbonyl (C=O) groups is 1. The lowest BCUT2D eigenvalue weighted by Gasteiger charge is -2.54. The number of hydrogen-bond acceptors (Lipinski definition) is 3. The summed E-state index contributed by atoms with van der Waals surface area (Å²) < 4.78 is 5.03. The quantitative estimate of drug-likeness (QED) is 0.672. The van der Waals surface area contributed by atoms with Crippen LogP contribution in [0.3, 0.4) is 0 Å². The summed E-state index contributed by atoms with van der Waals surface area (Å²) in [4.78, 5) is 11.8. The third-order valence-electron chi connectivity index (χ3n) is 5.57. The molecule has 3 nitrogen and oxygen atoms in total. The minimum atomic E-state index is -0.991. The van der Waals surface area contributed by atoms with Crippen LogP contribution in [0.15, 0.2) is 11.1 Å². The highest BCUT2D eigenvalue weighted by Gasteiger charge is 2.55. The number of aliphatic hydroxyl groups is 1. The fraction of sp³-hybridized carbons (Fsp3) is 0.800. The van der Waals surface area contributed by atoms with Crippen molar-refractivity contribution in [2.75, 3.05) is 0 Å². The number of rotatable bonds is 0. The van der Waals surface area contributed by atoms with Crippen molar-refractivity contribution in [2.24, 2.45) is 16.7 Å². The molecule has 0 bridgehead atoms. The van der Waals surface area contributed by atoms with Crippen molar-refractivity contribution in [3.63, 3.8) is 0 Å². The molecular weight excluding hydrogens is 228 g/mol. The standard InChI is InChI=1S/C15H22O3/c1-14(2)7-4-8-15(3)10(14)6-5-9-11(15)13(17)18-12(9)16/h10,13,17H,4-8H2,1-3H3/t10-,13-,15-/m0/s1. The van der Waals surface area contributed by atoms with Crippen LogP contribution >= 0.6 is 0 Å². The van der Waals surface area contributed by atoms with Crippen LogP contribution in [0.25, 0.3) is 0 Å². The van der Waals surface area contributed by atoms with Gasteiger partial charge >= 0.3 is 5.97 Å². The lowest BCUT2D eigenvalue weighted by atomic mass is 9.50. The van der Waals surface area contributed by atoms with Crippen molar-refractivity contribution in [3.05, 3.63) is 11.1 Å². The fourth-order valence-electron chi connectivity index (χ4n) is 4.80. The van der Waals surface area contributed by atoms with E-state index < -0.39 is 6.29 Å². The largest absolute Gasteiger partial charge is 0.428 e. The first-order valence-corrected chi connectivity index (χ1v) is 6.99. The highest BCUT2D eigenvalue weighted by Crippen LogP contribution is 2.61. The van der Waals surface area contributed by atoms with Gasteiger partial charge in [-0.3, -0.25) is 0 Å². The molecule has 0 amide bonds. The van der Waals surface area contributed by atoms with E-state index in [4.69, 9.17) is 4.74 Å². The third-order valence-corrected chi connectivity index (χ3v) is 5.57. The average molecular weight is 250 g/mol. The SMILES string of the molecule is CC1(C)CCC[C@]2(C)C3=C(CC[C@@H]12)C(=O)O[C@@H]3O. The van der Waals surface area contributed by atoms with E-state index in [0.29, 0.717) is 5.92 Å². The topological polar surface area (TPSA) is 46.5 Å². The van der Waals surface area contributed by atoms with Crippen molar-refractivity contribution in [2.45, 2.75) is 59.2 Å². The molecule has 1 heterocycles. The second kappa shape index (κ2) is 3.60. The Bertz CT molecular complexity index is 435. The number of fused-ring (bicyclic) bond motifs is 2. The summed E-state index contributed by atoms with van der Waals surface area (Å²) in [5.74, 6) is 0.252. The van der Waals surface area contributed by atoms with Crippen molar-refractivity contribution in [1.82, 2.24) is 0 Å². The molecule has 0 aromatic heterocycles. The Morgan fingerprint density at radius 2 is 2.00 bits per heavy atom. The number of ether oxygens (including phenoxy) is 1. The van der Waals surface area contributed by atoms with Crippen LogP contribution in [0.4, 0.5) is 0 Å². The first kappa shape index (κ1) is 12.2. The van der Waals surface area contributed by atoms with Gasteiger partial charge in [0, 0.05) is 11.1 Å². The Balaban J connectivity index is 2.09. The number of hydrogen-bond donors (Lipinski definition) is 1. The second-order valence-corrected chi connectivity index (χ2v) is 7.00. The van der Waals surface area contributed by atoms with Gasteiger partial charge in [0.15, 0.2) is 0 Å². The third kappa shape index (κ3) is 1.43. The maximum absolute atomic E-state index is 11.8. The molecule has 0 aromatic carbocycles. The van der Waals surface area contributed by atoms with Crippen molar-refractivity contribution in [3.8, 4) is 0 Å². The molecular formula is C15H22O3. The molecule has 0 unspecified atom stereocenters. The Morgan fingerprint density at radius 3 is 2.72 bits per heavy atom. The van der Waals surface area contributed by atoms with Crippen molar-refractivity contribution in [1.29, 1.82) is 0 Å². The zero-order valence-electron chi connectivity index (χ0n) is 11.5. The monoisotopic (exact) mass is 250 g/mol. The van der Waals surface area contributed by atoms with Gasteiger partial charge < -0.3 is 9.84 Å².